The molecule has 1 aliphatic rings. The molecule has 14 nitrogen and oxygen atoms in total. The Hall–Kier alpha value is -4.24. The summed E-state index contributed by atoms with van der Waals surface area (Å²) in [7, 11) is -4.66. The Balaban J connectivity index is 1.92. The average molecular weight is 720 g/mol. The zero-order valence-electron chi connectivity index (χ0n) is 29.5. The van der Waals surface area contributed by atoms with Crippen molar-refractivity contribution in [3.63, 3.8) is 0 Å². The summed E-state index contributed by atoms with van der Waals surface area (Å²) < 4.78 is 38.2. The summed E-state index contributed by atoms with van der Waals surface area (Å²) in [5.74, 6) is -7.14. The SMILES string of the molecule is CC(C)[C@H](NC(=O)[C@@H](CC(=O)CCCCCN1C(=O)C=CC1=O)CS(=O)(=O)O)C(=O)C[C@@H](C)C(=O)Nc1ccc(COC(=O)C(C)(C)C)cc1. The molecule has 0 radical (unpaired) electrons. The Labute approximate surface area is 293 Å². The van der Waals surface area contributed by atoms with Crippen LogP contribution in [-0.2, 0) is 55.0 Å². The van der Waals surface area contributed by atoms with Gasteiger partial charge in [0, 0.05) is 49.6 Å². The van der Waals surface area contributed by atoms with Crippen LogP contribution in [0, 0.1) is 23.2 Å². The molecule has 1 aromatic rings. The summed E-state index contributed by atoms with van der Waals surface area (Å²) in [5.41, 5.74) is 0.541. The Kier molecular flexibility index (Phi) is 15.7. The van der Waals surface area contributed by atoms with Gasteiger partial charge in [0.25, 0.3) is 21.9 Å². The molecule has 0 fully saturated rings. The van der Waals surface area contributed by atoms with Crippen LogP contribution in [0.1, 0.15) is 85.6 Å². The van der Waals surface area contributed by atoms with Crippen molar-refractivity contribution in [2.24, 2.45) is 23.2 Å². The Morgan fingerprint density at radius 1 is 0.880 bits per heavy atom. The fraction of sp³-hybridized carbons (Fsp3) is 0.571. The maximum Gasteiger partial charge on any atom is 0.311 e. The summed E-state index contributed by atoms with van der Waals surface area (Å²) >= 11 is 0. The number of hydrogen-bond donors (Lipinski definition) is 3. The number of benzene rings is 1. The topological polar surface area (TPSA) is 210 Å². The first-order valence-electron chi connectivity index (χ1n) is 16.6. The lowest BCUT2D eigenvalue weighted by Gasteiger charge is -2.25. The quantitative estimate of drug-likeness (QED) is 0.0770. The molecule has 1 aliphatic heterocycles. The molecular weight excluding hydrogens is 670 g/mol. The number of Topliss-reactive ketones (excluding diaryl/α,β-unsaturated/α-hetero) is 2. The van der Waals surface area contributed by atoms with Gasteiger partial charge in [-0.2, -0.15) is 8.42 Å². The fourth-order valence-electron chi connectivity index (χ4n) is 5.01. The second-order valence-corrected chi connectivity index (χ2v) is 15.5. The first-order valence-corrected chi connectivity index (χ1v) is 18.2. The average Bonchev–Trinajstić information content (AvgIpc) is 3.33. The molecule has 0 aliphatic carbocycles. The van der Waals surface area contributed by atoms with Crippen LogP contribution in [0.4, 0.5) is 5.69 Å². The molecule has 4 amide bonds. The van der Waals surface area contributed by atoms with Gasteiger partial charge in [0.2, 0.25) is 11.8 Å². The highest BCUT2D eigenvalue weighted by Gasteiger charge is 2.33. The van der Waals surface area contributed by atoms with Crippen molar-refractivity contribution < 1.29 is 51.3 Å². The molecule has 15 heteroatoms. The maximum absolute atomic E-state index is 13.3. The molecule has 3 N–H and O–H groups in total. The molecule has 0 bridgehead atoms. The molecule has 1 aromatic carbocycles. The third-order valence-electron chi connectivity index (χ3n) is 7.96. The molecule has 0 unspecified atom stereocenters. The molecule has 3 atom stereocenters. The van der Waals surface area contributed by atoms with Crippen molar-refractivity contribution in [3.8, 4) is 0 Å². The molecule has 1 heterocycles. The molecule has 0 saturated heterocycles. The van der Waals surface area contributed by atoms with Crippen LogP contribution in [0.3, 0.4) is 0 Å². The lowest BCUT2D eigenvalue weighted by Crippen LogP contribution is -2.48. The molecule has 276 valence electrons. The number of nitrogens with one attached hydrogen (secondary N) is 2. The van der Waals surface area contributed by atoms with Crippen molar-refractivity contribution in [2.75, 3.05) is 17.6 Å². The van der Waals surface area contributed by atoms with Crippen LogP contribution in [0.2, 0.25) is 0 Å². The van der Waals surface area contributed by atoms with E-state index in [-0.39, 0.29) is 32.0 Å². The number of anilines is 1. The van der Waals surface area contributed by atoms with Crippen LogP contribution in [0.5, 0.6) is 0 Å². The van der Waals surface area contributed by atoms with E-state index in [0.717, 1.165) is 10.5 Å². The van der Waals surface area contributed by atoms with Crippen molar-refractivity contribution in [1.82, 2.24) is 10.2 Å². The number of carbonyl (C=O) groups is 7. The predicted octanol–water partition coefficient (Wildman–Crippen LogP) is 3.40. The standard InChI is InChI=1S/C35H49N3O11S/c1-22(2)31(28(40)18-23(3)32(43)36-26-13-11-24(12-14-26)20-49-34(45)35(4,5)6)37-33(44)25(21-50(46,47)48)19-27(39)10-8-7-9-17-38-29(41)15-16-30(38)42/h11-16,22-23,25,31H,7-10,17-21H2,1-6H3,(H,36,43)(H,37,44)(H,46,47,48)/t23-,25+,31+/m1/s1. The van der Waals surface area contributed by atoms with Gasteiger partial charge in [0.15, 0.2) is 5.78 Å². The number of hydrogen-bond acceptors (Lipinski definition) is 10. The molecule has 0 spiro atoms. The molecule has 2 rings (SSSR count). The van der Waals surface area contributed by atoms with Gasteiger partial charge in [0.05, 0.1) is 23.1 Å². The van der Waals surface area contributed by atoms with Gasteiger partial charge >= 0.3 is 5.97 Å². The zero-order chi connectivity index (χ0) is 37.8. The first-order chi connectivity index (χ1) is 23.2. The predicted molar refractivity (Wildman–Crippen MR) is 184 cm³/mol. The minimum atomic E-state index is -4.66. The summed E-state index contributed by atoms with van der Waals surface area (Å²) in [6.07, 6.45) is 2.94. The van der Waals surface area contributed by atoms with Crippen LogP contribution in [0.25, 0.3) is 0 Å². The molecule has 0 saturated carbocycles. The molecular formula is C35H49N3O11S. The highest BCUT2D eigenvalue weighted by atomic mass is 32.2. The second-order valence-electron chi connectivity index (χ2n) is 14.0. The summed E-state index contributed by atoms with van der Waals surface area (Å²) in [6, 6.07) is 5.56. The third kappa shape index (κ3) is 14.3. The van der Waals surface area contributed by atoms with E-state index in [0.29, 0.717) is 24.9 Å². The van der Waals surface area contributed by atoms with Crippen molar-refractivity contribution >= 4 is 57.0 Å². The number of amides is 4. The van der Waals surface area contributed by atoms with Crippen LogP contribution < -0.4 is 10.6 Å². The van der Waals surface area contributed by atoms with Crippen LogP contribution in [-0.4, -0.2) is 77.4 Å². The van der Waals surface area contributed by atoms with Gasteiger partial charge in [-0.05, 0) is 57.2 Å². The summed E-state index contributed by atoms with van der Waals surface area (Å²) in [5, 5.41) is 5.26. The minimum Gasteiger partial charge on any atom is -0.460 e. The summed E-state index contributed by atoms with van der Waals surface area (Å²) in [4.78, 5) is 88.4. The zero-order valence-corrected chi connectivity index (χ0v) is 30.3. The van der Waals surface area contributed by atoms with E-state index in [1.165, 1.54) is 12.2 Å². The highest BCUT2D eigenvalue weighted by molar-refractivity contribution is 7.85. The number of carbonyl (C=O) groups excluding carboxylic acids is 7. The normalized spacial score (nSPS) is 15.1. The van der Waals surface area contributed by atoms with Gasteiger partial charge in [-0.1, -0.05) is 39.3 Å². The van der Waals surface area contributed by atoms with Crippen LogP contribution in [0.15, 0.2) is 36.4 Å². The van der Waals surface area contributed by atoms with E-state index in [4.69, 9.17) is 4.74 Å². The van der Waals surface area contributed by atoms with Gasteiger partial charge in [0.1, 0.15) is 12.4 Å². The van der Waals surface area contributed by atoms with E-state index in [9.17, 15) is 46.5 Å². The number of esters is 1. The van der Waals surface area contributed by atoms with Gasteiger partial charge in [-0.25, -0.2) is 0 Å². The Morgan fingerprint density at radius 2 is 1.48 bits per heavy atom. The lowest BCUT2D eigenvalue weighted by atomic mass is 9.91. The highest BCUT2D eigenvalue weighted by Crippen LogP contribution is 2.19. The van der Waals surface area contributed by atoms with E-state index in [2.05, 4.69) is 10.6 Å². The molecule has 50 heavy (non-hydrogen) atoms. The smallest absolute Gasteiger partial charge is 0.311 e. The molecule has 0 aromatic heterocycles. The number of ketones is 2. The van der Waals surface area contributed by atoms with E-state index in [1.54, 1.807) is 65.8 Å². The van der Waals surface area contributed by atoms with Crippen molar-refractivity contribution in [3.05, 3.63) is 42.0 Å². The minimum absolute atomic E-state index is 0.00193. The summed E-state index contributed by atoms with van der Waals surface area (Å²) in [6.45, 7) is 10.4. The number of rotatable bonds is 20. The van der Waals surface area contributed by atoms with Gasteiger partial charge < -0.3 is 15.4 Å². The monoisotopic (exact) mass is 719 g/mol. The second kappa shape index (κ2) is 18.7. The third-order valence-corrected chi connectivity index (χ3v) is 8.79. The maximum atomic E-state index is 13.3. The van der Waals surface area contributed by atoms with E-state index >= 15 is 0 Å². The largest absolute Gasteiger partial charge is 0.460 e. The van der Waals surface area contributed by atoms with E-state index in [1.807, 2.05) is 0 Å². The number of unbranched alkanes of at least 4 members (excludes halogenated alkanes) is 2. The Bertz CT molecular complexity index is 1540. The van der Waals surface area contributed by atoms with Crippen molar-refractivity contribution in [1.29, 1.82) is 0 Å². The Morgan fingerprint density at radius 3 is 2.02 bits per heavy atom. The van der Waals surface area contributed by atoms with Crippen molar-refractivity contribution in [2.45, 2.75) is 92.7 Å². The number of nitrogens with zero attached hydrogens (tertiary/aromatic N) is 1. The van der Waals surface area contributed by atoms with Crippen LogP contribution >= 0.6 is 0 Å². The fourth-order valence-corrected chi connectivity index (χ4v) is 5.78. The number of ether oxygens (including phenoxy) is 1. The lowest BCUT2D eigenvalue weighted by molar-refractivity contribution is -0.154. The van der Waals surface area contributed by atoms with Gasteiger partial charge in [-0.15, -0.1) is 0 Å². The van der Waals surface area contributed by atoms with Gasteiger partial charge in [-0.3, -0.25) is 43.0 Å². The van der Waals surface area contributed by atoms with E-state index < -0.39 is 86.7 Å². The first kappa shape index (κ1) is 41.9. The number of imide groups is 1.